The second-order valence-electron chi connectivity index (χ2n) is 7.85. The minimum Gasteiger partial charge on any atom is -0.330 e. The molecule has 0 aromatic carbocycles. The molecule has 21 heavy (non-hydrogen) atoms. The van der Waals surface area contributed by atoms with Crippen LogP contribution in [0, 0.1) is 35.5 Å². The molecule has 0 aliphatic heterocycles. The smallest absolute Gasteiger partial charge is 0.00460 e. The Labute approximate surface area is 131 Å². The first-order valence-electron chi connectivity index (χ1n) is 9.20. The van der Waals surface area contributed by atoms with E-state index in [-0.39, 0.29) is 0 Å². The fourth-order valence-electron chi connectivity index (χ4n) is 5.37. The van der Waals surface area contributed by atoms with Gasteiger partial charge in [0, 0.05) is 0 Å². The van der Waals surface area contributed by atoms with Crippen molar-refractivity contribution in [2.24, 2.45) is 47.0 Å². The van der Waals surface area contributed by atoms with E-state index in [1.165, 1.54) is 31.1 Å². The van der Waals surface area contributed by atoms with Crippen LogP contribution in [0.1, 0.15) is 51.4 Å². The number of hydrogen-bond donors (Lipinski definition) is 3. The Morgan fingerprint density at radius 3 is 1.38 bits per heavy atom. The van der Waals surface area contributed by atoms with E-state index in [1.807, 2.05) is 14.1 Å². The second kappa shape index (κ2) is 8.50. The van der Waals surface area contributed by atoms with Crippen LogP contribution in [0.2, 0.25) is 0 Å². The van der Waals surface area contributed by atoms with Gasteiger partial charge in [-0.25, -0.2) is 0 Å². The average Bonchev–Trinajstić information content (AvgIpc) is 3.27. The molecule has 5 N–H and O–H groups in total. The van der Waals surface area contributed by atoms with Crippen LogP contribution in [0.3, 0.4) is 0 Å². The van der Waals surface area contributed by atoms with E-state index in [4.69, 9.17) is 11.5 Å². The summed E-state index contributed by atoms with van der Waals surface area (Å²) in [7, 11) is 3.75. The van der Waals surface area contributed by atoms with Gasteiger partial charge in [0.25, 0.3) is 0 Å². The quantitative estimate of drug-likeness (QED) is 0.734. The first kappa shape index (κ1) is 17.2. The second-order valence-corrected chi connectivity index (χ2v) is 7.85. The maximum Gasteiger partial charge on any atom is -0.00460 e. The van der Waals surface area contributed by atoms with Crippen LogP contribution in [0.4, 0.5) is 0 Å². The molecule has 0 amide bonds. The fraction of sp³-hybridized carbons (Fsp3) is 1.00. The minimum atomic E-state index is 0.808. The molecule has 4 bridgehead atoms. The molecule has 3 nitrogen and oxygen atoms in total. The van der Waals surface area contributed by atoms with Gasteiger partial charge in [-0.2, -0.15) is 0 Å². The highest BCUT2D eigenvalue weighted by molar-refractivity contribution is 4.95. The van der Waals surface area contributed by atoms with Gasteiger partial charge in [-0.15, -0.1) is 0 Å². The highest BCUT2D eigenvalue weighted by atomic mass is 14.7. The zero-order valence-electron chi connectivity index (χ0n) is 14.2. The van der Waals surface area contributed by atoms with E-state index >= 15 is 0 Å². The molecule has 2 atom stereocenters. The fourth-order valence-corrected chi connectivity index (χ4v) is 5.37. The summed E-state index contributed by atoms with van der Waals surface area (Å²) in [6.45, 7) is 1.77. The van der Waals surface area contributed by atoms with Gasteiger partial charge in [-0.05, 0) is 88.4 Å². The summed E-state index contributed by atoms with van der Waals surface area (Å²) >= 11 is 0. The first-order chi connectivity index (χ1) is 10.2. The zero-order valence-corrected chi connectivity index (χ0v) is 14.2. The highest BCUT2D eigenvalue weighted by Gasteiger charge is 2.44. The van der Waals surface area contributed by atoms with E-state index in [9.17, 15) is 0 Å². The Bertz CT molecular complexity index is 262. The first-order valence-corrected chi connectivity index (χ1v) is 9.20. The molecule has 0 saturated heterocycles. The van der Waals surface area contributed by atoms with Crippen LogP contribution in [0.25, 0.3) is 0 Å². The molecule has 4 fully saturated rings. The van der Waals surface area contributed by atoms with Crippen molar-refractivity contribution >= 4 is 0 Å². The summed E-state index contributed by atoms with van der Waals surface area (Å²) in [6.07, 6.45) is 12.0. The van der Waals surface area contributed by atoms with Crippen LogP contribution in [-0.2, 0) is 0 Å². The van der Waals surface area contributed by atoms with Gasteiger partial charge in [0.15, 0.2) is 0 Å². The Hall–Kier alpha value is -0.120. The molecule has 2 unspecified atom stereocenters. The lowest BCUT2D eigenvalue weighted by atomic mass is 9.81. The zero-order chi connectivity index (χ0) is 15.2. The average molecular weight is 296 g/mol. The molecule has 124 valence electrons. The van der Waals surface area contributed by atoms with Crippen LogP contribution in [0.15, 0.2) is 0 Å². The molecule has 0 heterocycles. The maximum atomic E-state index is 5.70. The Morgan fingerprint density at radius 1 is 0.714 bits per heavy atom. The van der Waals surface area contributed by atoms with Gasteiger partial charge in [0.1, 0.15) is 0 Å². The standard InChI is InChI=1S/C9H18N2.C7H12.C2H7N/c10-4-7-1-6-2-8(5-11)9(7)3-6;1-2-7-4-3-6(1)5-7;1-3-2/h6-9H,1-5,10-11H2;6-7H,1-5H2;3H,1-2H3. The predicted molar refractivity (Wildman–Crippen MR) is 91.0 cm³/mol. The maximum absolute atomic E-state index is 5.70. The highest BCUT2D eigenvalue weighted by Crippen LogP contribution is 2.50. The van der Waals surface area contributed by atoms with Crippen molar-refractivity contribution in [3.05, 3.63) is 0 Å². The molecule has 0 spiro atoms. The summed E-state index contributed by atoms with van der Waals surface area (Å²) in [5.74, 6) is 5.82. The molecular weight excluding hydrogens is 258 g/mol. The Balaban J connectivity index is 0.000000138. The molecule has 0 radical (unpaired) electrons. The number of nitrogens with one attached hydrogen (secondary N) is 1. The lowest BCUT2D eigenvalue weighted by Gasteiger charge is -2.27. The number of rotatable bonds is 2. The van der Waals surface area contributed by atoms with Gasteiger partial charge in [-0.1, -0.05) is 25.7 Å². The largest absolute Gasteiger partial charge is 0.330 e. The Morgan fingerprint density at radius 2 is 1.14 bits per heavy atom. The monoisotopic (exact) mass is 295 g/mol. The minimum absolute atomic E-state index is 0.808. The number of nitrogens with two attached hydrogens (primary N) is 2. The van der Waals surface area contributed by atoms with Gasteiger partial charge in [-0.3, -0.25) is 0 Å². The Kier molecular flexibility index (Phi) is 6.97. The predicted octanol–water partition coefficient (Wildman–Crippen LogP) is 2.60. The van der Waals surface area contributed by atoms with Crippen molar-refractivity contribution in [2.75, 3.05) is 27.2 Å². The van der Waals surface area contributed by atoms with Gasteiger partial charge in [0.05, 0.1) is 0 Å². The third kappa shape index (κ3) is 4.43. The van der Waals surface area contributed by atoms with Crippen LogP contribution in [0.5, 0.6) is 0 Å². The van der Waals surface area contributed by atoms with Crippen molar-refractivity contribution in [3.63, 3.8) is 0 Å². The lowest BCUT2D eigenvalue weighted by molar-refractivity contribution is 0.249. The van der Waals surface area contributed by atoms with Gasteiger partial charge >= 0.3 is 0 Å². The van der Waals surface area contributed by atoms with E-state index in [1.54, 1.807) is 32.1 Å². The van der Waals surface area contributed by atoms with Gasteiger partial charge in [0.2, 0.25) is 0 Å². The third-order valence-corrected chi connectivity index (χ3v) is 6.33. The van der Waals surface area contributed by atoms with Crippen molar-refractivity contribution in [3.8, 4) is 0 Å². The molecule has 4 saturated carbocycles. The van der Waals surface area contributed by atoms with E-state index in [0.29, 0.717) is 0 Å². The third-order valence-electron chi connectivity index (χ3n) is 6.33. The van der Waals surface area contributed by atoms with E-state index in [0.717, 1.165) is 36.8 Å². The van der Waals surface area contributed by atoms with Crippen molar-refractivity contribution in [1.29, 1.82) is 0 Å². The summed E-state index contributed by atoms with van der Waals surface area (Å²) in [4.78, 5) is 0. The summed E-state index contributed by atoms with van der Waals surface area (Å²) in [5, 5.41) is 2.75. The number of fused-ring (bicyclic) bond motifs is 4. The summed E-state index contributed by atoms with van der Waals surface area (Å²) in [5.41, 5.74) is 11.4. The molecule has 0 aromatic heterocycles. The molecule has 4 aliphatic carbocycles. The molecule has 0 aromatic rings. The summed E-state index contributed by atoms with van der Waals surface area (Å²) in [6, 6.07) is 0. The topological polar surface area (TPSA) is 64.1 Å². The molecule has 4 rings (SSSR count). The number of hydrogen-bond acceptors (Lipinski definition) is 3. The van der Waals surface area contributed by atoms with Crippen LogP contribution >= 0.6 is 0 Å². The lowest BCUT2D eigenvalue weighted by Crippen LogP contribution is -2.30. The summed E-state index contributed by atoms with van der Waals surface area (Å²) < 4.78 is 0. The van der Waals surface area contributed by atoms with Crippen molar-refractivity contribution in [1.82, 2.24) is 5.32 Å². The normalized spacial score (nSPS) is 42.3. The molecule has 4 aliphatic rings. The van der Waals surface area contributed by atoms with E-state index < -0.39 is 0 Å². The van der Waals surface area contributed by atoms with E-state index in [2.05, 4.69) is 5.32 Å². The van der Waals surface area contributed by atoms with Crippen LogP contribution < -0.4 is 16.8 Å². The SMILES string of the molecule is C1CC2CCC1C2.CNC.NCC1CC2CC(CN)C1C2. The molecule has 3 heteroatoms. The van der Waals surface area contributed by atoms with Gasteiger partial charge < -0.3 is 16.8 Å². The van der Waals surface area contributed by atoms with Crippen LogP contribution in [-0.4, -0.2) is 27.2 Å². The van der Waals surface area contributed by atoms with Crippen molar-refractivity contribution < 1.29 is 0 Å². The van der Waals surface area contributed by atoms with Crippen molar-refractivity contribution in [2.45, 2.75) is 51.4 Å². The molecular formula is C18H37N3.